The summed E-state index contributed by atoms with van der Waals surface area (Å²) in [5.41, 5.74) is 2.13. The largest absolute Gasteiger partial charge is 0.348 e. The van der Waals surface area contributed by atoms with Gasteiger partial charge in [-0.3, -0.25) is 0 Å². The Kier molecular flexibility index (Phi) is 2.49. The van der Waals surface area contributed by atoms with E-state index >= 15 is 0 Å². The first-order chi connectivity index (χ1) is 7.12. The van der Waals surface area contributed by atoms with E-state index in [2.05, 4.69) is 41.8 Å². The topological polar surface area (TPSA) is 28.7 Å². The van der Waals surface area contributed by atoms with E-state index in [-0.39, 0.29) is 5.41 Å². The van der Waals surface area contributed by atoms with Gasteiger partial charge in [-0.2, -0.15) is 0 Å². The van der Waals surface area contributed by atoms with E-state index in [1.54, 1.807) is 17.7 Å². The van der Waals surface area contributed by atoms with Crippen molar-refractivity contribution in [3.8, 4) is 0 Å². The molecule has 0 unspecified atom stereocenters. The number of H-pyrrole nitrogens is 1. The Bertz CT molecular complexity index is 438. The second-order valence-electron chi connectivity index (χ2n) is 4.05. The summed E-state index contributed by atoms with van der Waals surface area (Å²) in [5.74, 6) is 0. The van der Waals surface area contributed by atoms with Crippen LogP contribution < -0.4 is 0 Å². The summed E-state index contributed by atoms with van der Waals surface area (Å²) in [7, 11) is 0. The predicted molar refractivity (Wildman–Crippen MR) is 65.0 cm³/mol. The fourth-order valence-electron chi connectivity index (χ4n) is 1.52. The molecule has 1 N–H and O–H groups in total. The highest BCUT2D eigenvalue weighted by Gasteiger charge is 2.26. The minimum Gasteiger partial charge on any atom is -0.348 e. The number of hydrogen-bond donors (Lipinski definition) is 1. The molecule has 3 heteroatoms. The Balaban J connectivity index is 2.35. The molecule has 78 valence electrons. The van der Waals surface area contributed by atoms with Gasteiger partial charge < -0.3 is 4.98 Å². The molecule has 0 fully saturated rings. The van der Waals surface area contributed by atoms with Crippen LogP contribution in [-0.2, 0) is 5.41 Å². The van der Waals surface area contributed by atoms with Crippen molar-refractivity contribution in [3.05, 3.63) is 47.2 Å². The highest BCUT2D eigenvalue weighted by atomic mass is 32.1. The third kappa shape index (κ3) is 1.75. The number of imidazole rings is 1. The average molecular weight is 218 g/mol. The van der Waals surface area contributed by atoms with Gasteiger partial charge in [0.15, 0.2) is 0 Å². The monoisotopic (exact) mass is 218 g/mol. The lowest BCUT2D eigenvalue weighted by atomic mass is 9.81. The average Bonchev–Trinajstić information content (AvgIpc) is 2.89. The van der Waals surface area contributed by atoms with Crippen molar-refractivity contribution in [1.29, 1.82) is 0 Å². The summed E-state index contributed by atoms with van der Waals surface area (Å²) in [6, 6.07) is 4.15. The number of hydrogen-bond acceptors (Lipinski definition) is 2. The Labute approximate surface area is 93.7 Å². The van der Waals surface area contributed by atoms with Crippen molar-refractivity contribution in [1.82, 2.24) is 9.97 Å². The van der Waals surface area contributed by atoms with Gasteiger partial charge in [0.1, 0.15) is 0 Å². The molecule has 2 nitrogen and oxygen atoms in total. The summed E-state index contributed by atoms with van der Waals surface area (Å²) in [6.07, 6.45) is 3.57. The van der Waals surface area contributed by atoms with E-state index < -0.39 is 0 Å². The summed E-state index contributed by atoms with van der Waals surface area (Å²) >= 11 is 1.72. The zero-order valence-electron chi connectivity index (χ0n) is 8.95. The molecule has 0 radical (unpaired) electrons. The highest BCUT2D eigenvalue weighted by molar-refractivity contribution is 7.11. The molecule has 0 atom stereocenters. The highest BCUT2D eigenvalue weighted by Crippen LogP contribution is 2.37. The van der Waals surface area contributed by atoms with Crippen LogP contribution in [0, 0.1) is 0 Å². The van der Waals surface area contributed by atoms with Gasteiger partial charge in [0, 0.05) is 22.2 Å². The first-order valence-corrected chi connectivity index (χ1v) is 5.72. The molecule has 0 spiro atoms. The van der Waals surface area contributed by atoms with Crippen molar-refractivity contribution in [2.75, 3.05) is 0 Å². The lowest BCUT2D eigenvalue weighted by Gasteiger charge is -2.25. The van der Waals surface area contributed by atoms with E-state index in [4.69, 9.17) is 0 Å². The Morgan fingerprint density at radius 2 is 2.33 bits per heavy atom. The number of nitrogens with zero attached hydrogens (tertiary/aromatic N) is 1. The standard InChI is InChI=1S/C12H14N2S/c1-9(10-5-4-6-15-10)12(2,3)11-7-13-8-14-11/h4-8H,1H2,2-3H3,(H,13,14). The fraction of sp³-hybridized carbons (Fsp3) is 0.250. The fourth-order valence-corrected chi connectivity index (χ4v) is 2.38. The van der Waals surface area contributed by atoms with E-state index in [0.29, 0.717) is 0 Å². The molecule has 0 aromatic carbocycles. The number of rotatable bonds is 3. The third-order valence-electron chi connectivity index (χ3n) is 2.74. The minimum absolute atomic E-state index is 0.0959. The van der Waals surface area contributed by atoms with Crippen LogP contribution in [0.1, 0.15) is 24.4 Å². The van der Waals surface area contributed by atoms with Crippen molar-refractivity contribution in [2.45, 2.75) is 19.3 Å². The number of thiophene rings is 1. The molecule has 15 heavy (non-hydrogen) atoms. The van der Waals surface area contributed by atoms with E-state index in [9.17, 15) is 0 Å². The van der Waals surface area contributed by atoms with Gasteiger partial charge in [-0.1, -0.05) is 26.5 Å². The smallest absolute Gasteiger partial charge is 0.0922 e. The minimum atomic E-state index is -0.0959. The van der Waals surface area contributed by atoms with Gasteiger partial charge in [0.25, 0.3) is 0 Å². The molecule has 0 bridgehead atoms. The lowest BCUT2D eigenvalue weighted by molar-refractivity contribution is 0.672. The zero-order chi connectivity index (χ0) is 10.9. The Morgan fingerprint density at radius 3 is 2.87 bits per heavy atom. The predicted octanol–water partition coefficient (Wildman–Crippen LogP) is 3.46. The molecule has 0 saturated carbocycles. The van der Waals surface area contributed by atoms with Crippen LogP contribution in [0.3, 0.4) is 0 Å². The molecule has 2 aromatic heterocycles. The van der Waals surface area contributed by atoms with E-state index in [0.717, 1.165) is 11.3 Å². The van der Waals surface area contributed by atoms with Crippen molar-refractivity contribution >= 4 is 16.9 Å². The lowest BCUT2D eigenvalue weighted by Crippen LogP contribution is -2.18. The van der Waals surface area contributed by atoms with Crippen LogP contribution in [0.15, 0.2) is 36.6 Å². The van der Waals surface area contributed by atoms with Gasteiger partial charge in [-0.05, 0) is 17.0 Å². The summed E-state index contributed by atoms with van der Waals surface area (Å²) in [6.45, 7) is 8.50. The Morgan fingerprint density at radius 1 is 1.53 bits per heavy atom. The normalized spacial score (nSPS) is 11.6. The molecular weight excluding hydrogens is 204 g/mol. The number of aromatic nitrogens is 2. The molecule has 0 aliphatic rings. The van der Waals surface area contributed by atoms with Crippen LogP contribution >= 0.6 is 11.3 Å². The van der Waals surface area contributed by atoms with Crippen LogP contribution in [-0.4, -0.2) is 9.97 Å². The van der Waals surface area contributed by atoms with Crippen molar-refractivity contribution in [2.24, 2.45) is 0 Å². The quantitative estimate of drug-likeness (QED) is 0.839. The van der Waals surface area contributed by atoms with Crippen molar-refractivity contribution < 1.29 is 0 Å². The molecule has 0 aliphatic carbocycles. The molecule has 2 heterocycles. The summed E-state index contributed by atoms with van der Waals surface area (Å²) in [4.78, 5) is 8.44. The molecule has 0 amide bonds. The van der Waals surface area contributed by atoms with Crippen LogP contribution in [0.4, 0.5) is 0 Å². The second-order valence-corrected chi connectivity index (χ2v) is 4.99. The maximum absolute atomic E-state index is 4.19. The third-order valence-corrected chi connectivity index (χ3v) is 3.67. The maximum Gasteiger partial charge on any atom is 0.0922 e. The first-order valence-electron chi connectivity index (χ1n) is 4.84. The Hall–Kier alpha value is -1.35. The van der Waals surface area contributed by atoms with Crippen LogP contribution in [0.25, 0.3) is 5.57 Å². The van der Waals surface area contributed by atoms with Crippen molar-refractivity contribution in [3.63, 3.8) is 0 Å². The summed E-state index contributed by atoms with van der Waals surface area (Å²) < 4.78 is 0. The van der Waals surface area contributed by atoms with Gasteiger partial charge in [0.05, 0.1) is 6.33 Å². The summed E-state index contributed by atoms with van der Waals surface area (Å²) in [5, 5.41) is 2.07. The van der Waals surface area contributed by atoms with Gasteiger partial charge in [-0.15, -0.1) is 11.3 Å². The number of nitrogens with one attached hydrogen (secondary N) is 1. The molecular formula is C12H14N2S. The van der Waals surface area contributed by atoms with E-state index in [1.807, 2.05) is 12.3 Å². The maximum atomic E-state index is 4.19. The van der Waals surface area contributed by atoms with Gasteiger partial charge in [0.2, 0.25) is 0 Å². The first kappa shape index (κ1) is 10.2. The molecule has 0 saturated heterocycles. The molecule has 0 aliphatic heterocycles. The van der Waals surface area contributed by atoms with Crippen LogP contribution in [0.2, 0.25) is 0 Å². The molecule has 2 rings (SSSR count). The number of allylic oxidation sites excluding steroid dienone is 1. The van der Waals surface area contributed by atoms with Gasteiger partial charge >= 0.3 is 0 Å². The molecule has 2 aromatic rings. The zero-order valence-corrected chi connectivity index (χ0v) is 9.77. The number of aromatic amines is 1. The van der Waals surface area contributed by atoms with E-state index in [1.165, 1.54) is 4.88 Å². The van der Waals surface area contributed by atoms with Gasteiger partial charge in [-0.25, -0.2) is 4.98 Å². The SMILES string of the molecule is C=C(c1cccs1)C(C)(C)c1cnc[nH]1. The van der Waals surface area contributed by atoms with Crippen LogP contribution in [0.5, 0.6) is 0 Å². The second kappa shape index (κ2) is 3.66.